The molecule has 0 saturated heterocycles. The van der Waals surface area contributed by atoms with E-state index in [1.807, 2.05) is 0 Å². The Balaban J connectivity index is 1.81. The van der Waals surface area contributed by atoms with Gasteiger partial charge in [-0.1, -0.05) is 0 Å². The van der Waals surface area contributed by atoms with Crippen molar-refractivity contribution in [1.29, 1.82) is 0 Å². The monoisotopic (exact) mass is 749 g/mol. The summed E-state index contributed by atoms with van der Waals surface area (Å²) in [5, 5.41) is 22.1. The predicted molar refractivity (Wildman–Crippen MR) is 188 cm³/mol. The maximum absolute atomic E-state index is 12.3. The molecule has 0 radical (unpaired) electrons. The molecule has 0 aliphatic carbocycles. The van der Waals surface area contributed by atoms with Crippen LogP contribution in [0, 0.1) is 0 Å². The van der Waals surface area contributed by atoms with Gasteiger partial charge in [0, 0.05) is 18.2 Å². The summed E-state index contributed by atoms with van der Waals surface area (Å²) in [5.74, 6) is -2.72. The second-order valence-electron chi connectivity index (χ2n) is 10.7. The minimum atomic E-state index is -0.663. The molecule has 0 saturated carbocycles. The quantitative estimate of drug-likeness (QED) is 0.102. The number of carbonyl (C=O) groups excluding carboxylic acids is 4. The standard InChI is InChI=1S/C37H39N3O14/c1-5-47-31(43)18-51-22-9-12-25(28(41)15-22)35-38-36(26-13-10-23(16-29(26)42)52-19-32(44)48-6-2)40-37(39-35)27-14-11-24(53-20-33(45)49-7-3)17-30(27)54-21-34(46)50-8-4/h9-17,41-42H,5-8,18-21H2,1-4H3. The molecule has 17 nitrogen and oxygen atoms in total. The van der Waals surface area contributed by atoms with Gasteiger partial charge < -0.3 is 48.1 Å². The largest absolute Gasteiger partial charge is 0.507 e. The van der Waals surface area contributed by atoms with Gasteiger partial charge in [0.05, 0.1) is 43.1 Å². The highest BCUT2D eigenvalue weighted by Gasteiger charge is 2.21. The molecule has 2 N–H and O–H groups in total. The molecule has 0 atom stereocenters. The number of phenolic OH excluding ortho intramolecular Hbond substituents is 2. The number of benzene rings is 3. The summed E-state index contributed by atoms with van der Waals surface area (Å²) in [6.07, 6.45) is 0. The molecule has 0 amide bonds. The van der Waals surface area contributed by atoms with Crippen molar-refractivity contribution in [2.75, 3.05) is 52.9 Å². The van der Waals surface area contributed by atoms with Gasteiger partial charge in [-0.2, -0.15) is 0 Å². The Morgan fingerprint density at radius 1 is 0.463 bits per heavy atom. The summed E-state index contributed by atoms with van der Waals surface area (Å²) in [7, 11) is 0. The molecule has 4 aromatic rings. The topological polar surface area (TPSA) is 221 Å². The van der Waals surface area contributed by atoms with Crippen molar-refractivity contribution in [3.63, 3.8) is 0 Å². The zero-order chi connectivity index (χ0) is 39.0. The van der Waals surface area contributed by atoms with Crippen LogP contribution in [-0.4, -0.2) is 102 Å². The summed E-state index contributed by atoms with van der Waals surface area (Å²) in [6, 6.07) is 12.8. The number of aromatic hydroxyl groups is 2. The molecule has 0 bridgehead atoms. The number of ether oxygens (including phenoxy) is 8. The van der Waals surface area contributed by atoms with E-state index in [2.05, 4.69) is 15.0 Å². The Morgan fingerprint density at radius 3 is 1.13 bits per heavy atom. The number of hydrogen-bond donors (Lipinski definition) is 2. The number of aromatic nitrogens is 3. The van der Waals surface area contributed by atoms with E-state index in [1.165, 1.54) is 54.6 Å². The van der Waals surface area contributed by atoms with Crippen LogP contribution in [0.5, 0.6) is 34.5 Å². The molecule has 3 aromatic carbocycles. The number of esters is 4. The van der Waals surface area contributed by atoms with E-state index in [0.717, 1.165) is 0 Å². The third kappa shape index (κ3) is 11.4. The van der Waals surface area contributed by atoms with Gasteiger partial charge in [0.2, 0.25) is 0 Å². The van der Waals surface area contributed by atoms with Crippen LogP contribution in [-0.2, 0) is 38.1 Å². The van der Waals surface area contributed by atoms with Crippen molar-refractivity contribution in [3.05, 3.63) is 54.6 Å². The van der Waals surface area contributed by atoms with Crippen LogP contribution < -0.4 is 18.9 Å². The molecule has 0 spiro atoms. The van der Waals surface area contributed by atoms with Gasteiger partial charge in [-0.15, -0.1) is 0 Å². The van der Waals surface area contributed by atoms with E-state index in [9.17, 15) is 29.4 Å². The molecule has 4 rings (SSSR count). The van der Waals surface area contributed by atoms with E-state index in [4.69, 9.17) is 37.9 Å². The molecule has 0 aliphatic rings. The molecular formula is C37H39N3O14. The second-order valence-corrected chi connectivity index (χ2v) is 10.7. The van der Waals surface area contributed by atoms with Gasteiger partial charge in [-0.3, -0.25) is 0 Å². The predicted octanol–water partition coefficient (Wildman–Crippen LogP) is 4.05. The lowest BCUT2D eigenvalue weighted by Gasteiger charge is -2.15. The molecular weight excluding hydrogens is 710 g/mol. The van der Waals surface area contributed by atoms with Crippen LogP contribution in [0.2, 0.25) is 0 Å². The lowest BCUT2D eigenvalue weighted by atomic mass is 10.1. The highest BCUT2D eigenvalue weighted by molar-refractivity contribution is 5.77. The second kappa shape index (κ2) is 19.8. The van der Waals surface area contributed by atoms with Crippen molar-refractivity contribution in [1.82, 2.24) is 15.0 Å². The van der Waals surface area contributed by atoms with Crippen molar-refractivity contribution in [3.8, 4) is 68.7 Å². The first-order valence-corrected chi connectivity index (χ1v) is 16.8. The van der Waals surface area contributed by atoms with Gasteiger partial charge in [0.15, 0.2) is 43.9 Å². The molecule has 54 heavy (non-hydrogen) atoms. The number of hydrogen-bond acceptors (Lipinski definition) is 17. The van der Waals surface area contributed by atoms with E-state index >= 15 is 0 Å². The van der Waals surface area contributed by atoms with Crippen molar-refractivity contribution in [2.24, 2.45) is 0 Å². The van der Waals surface area contributed by atoms with E-state index in [0.29, 0.717) is 0 Å². The average Bonchev–Trinajstić information content (AvgIpc) is 3.15. The number of nitrogens with zero attached hydrogens (tertiary/aromatic N) is 3. The summed E-state index contributed by atoms with van der Waals surface area (Å²) < 4.78 is 41.9. The third-order valence-corrected chi connectivity index (χ3v) is 6.89. The number of carbonyl (C=O) groups is 4. The number of rotatable bonds is 19. The van der Waals surface area contributed by atoms with Crippen LogP contribution in [0.15, 0.2) is 54.6 Å². The number of phenols is 2. The Bertz CT molecular complexity index is 1860. The van der Waals surface area contributed by atoms with E-state index < -0.39 is 37.1 Å². The smallest absolute Gasteiger partial charge is 0.344 e. The molecule has 0 aliphatic heterocycles. The first kappa shape index (κ1) is 40.1. The van der Waals surface area contributed by atoms with Gasteiger partial charge in [-0.25, -0.2) is 34.1 Å². The maximum Gasteiger partial charge on any atom is 0.344 e. The zero-order valence-corrected chi connectivity index (χ0v) is 30.0. The highest BCUT2D eigenvalue weighted by Crippen LogP contribution is 2.38. The fraction of sp³-hybridized carbons (Fsp3) is 0.324. The molecule has 1 heterocycles. The summed E-state index contributed by atoms with van der Waals surface area (Å²) in [5.41, 5.74) is 0.441. The van der Waals surface area contributed by atoms with Crippen LogP contribution in [0.1, 0.15) is 27.7 Å². The molecule has 286 valence electrons. The SMILES string of the molecule is CCOC(=O)COc1ccc(-c2nc(-c3ccc(OCC(=O)OCC)cc3O)nc(-c3ccc(OCC(=O)OCC)cc3OCC(=O)OCC)n2)c(O)c1. The maximum atomic E-state index is 12.3. The van der Waals surface area contributed by atoms with Crippen molar-refractivity contribution >= 4 is 23.9 Å². The summed E-state index contributed by atoms with van der Waals surface area (Å²) >= 11 is 0. The van der Waals surface area contributed by atoms with Crippen LogP contribution >= 0.6 is 0 Å². The zero-order valence-electron chi connectivity index (χ0n) is 30.0. The van der Waals surface area contributed by atoms with Gasteiger partial charge in [0.25, 0.3) is 0 Å². The Hall–Kier alpha value is -6.65. The summed E-state index contributed by atoms with van der Waals surface area (Å²) in [4.78, 5) is 61.5. The minimum absolute atomic E-state index is 0.0325. The van der Waals surface area contributed by atoms with E-state index in [1.54, 1.807) is 27.7 Å². The fourth-order valence-electron chi connectivity index (χ4n) is 4.59. The summed E-state index contributed by atoms with van der Waals surface area (Å²) in [6.45, 7) is 5.57. The van der Waals surface area contributed by atoms with Crippen LogP contribution in [0.3, 0.4) is 0 Å². The molecule has 0 fully saturated rings. The minimum Gasteiger partial charge on any atom is -0.507 e. The van der Waals surface area contributed by atoms with Crippen LogP contribution in [0.25, 0.3) is 34.2 Å². The van der Waals surface area contributed by atoms with Crippen LogP contribution in [0.4, 0.5) is 0 Å². The molecule has 17 heteroatoms. The lowest BCUT2D eigenvalue weighted by Crippen LogP contribution is -2.16. The van der Waals surface area contributed by atoms with Gasteiger partial charge in [0.1, 0.15) is 34.5 Å². The Morgan fingerprint density at radius 2 is 0.778 bits per heavy atom. The Kier molecular flexibility index (Phi) is 14.7. The normalized spacial score (nSPS) is 10.5. The van der Waals surface area contributed by atoms with Crippen molar-refractivity contribution in [2.45, 2.75) is 27.7 Å². The van der Waals surface area contributed by atoms with Gasteiger partial charge in [-0.05, 0) is 64.1 Å². The molecule has 1 aromatic heterocycles. The Labute approximate surface area is 309 Å². The average molecular weight is 750 g/mol. The van der Waals surface area contributed by atoms with Crippen molar-refractivity contribution < 1.29 is 67.3 Å². The molecule has 0 unspecified atom stereocenters. The first-order valence-electron chi connectivity index (χ1n) is 16.8. The third-order valence-electron chi connectivity index (χ3n) is 6.89. The first-order chi connectivity index (χ1) is 26.0. The van der Waals surface area contributed by atoms with Gasteiger partial charge >= 0.3 is 23.9 Å². The van der Waals surface area contributed by atoms with E-state index in [-0.39, 0.29) is 108 Å². The highest BCUT2D eigenvalue weighted by atomic mass is 16.6. The lowest BCUT2D eigenvalue weighted by molar-refractivity contribution is -0.146. The fourth-order valence-corrected chi connectivity index (χ4v) is 4.59.